The molecule has 0 fully saturated rings. The number of aliphatic hydroxyl groups is 1. The average molecular weight is 295 g/mol. The fourth-order valence-corrected chi connectivity index (χ4v) is 2.65. The number of methoxy groups -OCH3 is 2. The number of rotatable bonds is 5. The average Bonchev–Trinajstić information content (AvgIpc) is 2.46. The van der Waals surface area contributed by atoms with Gasteiger partial charge in [-0.3, -0.25) is 9.69 Å². The van der Waals surface area contributed by atoms with Gasteiger partial charge in [0.2, 0.25) is 0 Å². The van der Waals surface area contributed by atoms with E-state index in [0.29, 0.717) is 31.2 Å². The van der Waals surface area contributed by atoms with E-state index in [1.54, 1.807) is 33.3 Å². The van der Waals surface area contributed by atoms with Crippen LogP contribution in [-0.4, -0.2) is 49.9 Å². The lowest BCUT2D eigenvalue weighted by atomic mass is 9.95. The van der Waals surface area contributed by atoms with Gasteiger partial charge in [-0.15, -0.1) is 0 Å². The van der Waals surface area contributed by atoms with Crippen LogP contribution in [0, 0.1) is 0 Å². The van der Waals surface area contributed by atoms with E-state index in [1.807, 2.05) is 4.90 Å². The fourth-order valence-electron chi connectivity index (χ4n) is 2.65. The second-order valence-corrected chi connectivity index (χ2v) is 4.85. The molecule has 1 N–H and O–H groups in total. The van der Waals surface area contributed by atoms with Crippen molar-refractivity contribution >= 4 is 5.97 Å². The van der Waals surface area contributed by atoms with E-state index in [0.717, 1.165) is 11.1 Å². The maximum atomic E-state index is 11.6. The van der Waals surface area contributed by atoms with Gasteiger partial charge in [-0.05, 0) is 19.1 Å². The first-order valence-electron chi connectivity index (χ1n) is 6.90. The summed E-state index contributed by atoms with van der Waals surface area (Å²) in [6, 6.07) is 3.58. The smallest absolute Gasteiger partial charge is 0.320 e. The lowest BCUT2D eigenvalue weighted by molar-refractivity contribution is -0.145. The topological polar surface area (TPSA) is 68.2 Å². The normalized spacial score (nSPS) is 18.0. The van der Waals surface area contributed by atoms with Gasteiger partial charge in [-0.1, -0.05) is 0 Å². The summed E-state index contributed by atoms with van der Waals surface area (Å²) < 4.78 is 15.6. The molecule has 0 saturated carbocycles. The number of nitrogens with zero attached hydrogens (tertiary/aromatic N) is 1. The van der Waals surface area contributed by atoms with Crippen molar-refractivity contribution in [3.05, 3.63) is 23.3 Å². The summed E-state index contributed by atoms with van der Waals surface area (Å²) >= 11 is 0. The molecule has 0 bridgehead atoms. The van der Waals surface area contributed by atoms with E-state index >= 15 is 0 Å². The maximum absolute atomic E-state index is 11.6. The lowest BCUT2D eigenvalue weighted by Gasteiger charge is -2.33. The van der Waals surface area contributed by atoms with Crippen LogP contribution in [0.1, 0.15) is 24.2 Å². The second kappa shape index (κ2) is 6.78. The highest BCUT2D eigenvalue weighted by Crippen LogP contribution is 2.39. The molecule has 21 heavy (non-hydrogen) atoms. The number of β-amino-alcohol motifs (C(OH)–C–C–N with tert-alkyl or cyclic N) is 1. The number of aliphatic hydroxyl groups excluding tert-OH is 1. The van der Waals surface area contributed by atoms with Gasteiger partial charge in [-0.25, -0.2) is 0 Å². The van der Waals surface area contributed by atoms with Crippen LogP contribution in [0.2, 0.25) is 0 Å². The Morgan fingerprint density at radius 2 is 2.00 bits per heavy atom. The Labute approximate surface area is 124 Å². The Morgan fingerprint density at radius 1 is 1.33 bits per heavy atom. The highest BCUT2D eigenvalue weighted by molar-refractivity contribution is 5.71. The van der Waals surface area contributed by atoms with Gasteiger partial charge in [0.15, 0.2) is 0 Å². The van der Waals surface area contributed by atoms with E-state index in [2.05, 4.69) is 0 Å². The number of ether oxygens (including phenoxy) is 3. The fraction of sp³-hybridized carbons (Fsp3) is 0.533. The monoisotopic (exact) mass is 295 g/mol. The molecule has 1 heterocycles. The van der Waals surface area contributed by atoms with Gasteiger partial charge in [-0.2, -0.15) is 0 Å². The Kier molecular flexibility index (Phi) is 5.03. The molecule has 0 spiro atoms. The molecule has 0 amide bonds. The first kappa shape index (κ1) is 15.6. The standard InChI is InChI=1S/C15H21NO5/c1-4-21-14(18)9-16-7-10-12(19-2)5-6-13(20-3)15(10)11(17)8-16/h5-6,11,17H,4,7-9H2,1-3H3/t11-/m0/s1. The third-order valence-electron chi connectivity index (χ3n) is 3.52. The highest BCUT2D eigenvalue weighted by Gasteiger charge is 2.30. The van der Waals surface area contributed by atoms with Gasteiger partial charge >= 0.3 is 5.97 Å². The van der Waals surface area contributed by atoms with Crippen LogP contribution < -0.4 is 9.47 Å². The summed E-state index contributed by atoms with van der Waals surface area (Å²) in [7, 11) is 3.15. The first-order valence-corrected chi connectivity index (χ1v) is 6.90. The van der Waals surface area contributed by atoms with Crippen molar-refractivity contribution in [2.45, 2.75) is 19.6 Å². The summed E-state index contributed by atoms with van der Waals surface area (Å²) in [6.45, 7) is 3.13. The number of fused-ring (bicyclic) bond motifs is 1. The molecule has 0 aliphatic carbocycles. The van der Waals surface area contributed by atoms with E-state index in [-0.39, 0.29) is 12.5 Å². The predicted octanol–water partition coefficient (Wildman–Crippen LogP) is 1.12. The molecular weight excluding hydrogens is 274 g/mol. The number of benzene rings is 1. The molecule has 0 saturated heterocycles. The maximum Gasteiger partial charge on any atom is 0.320 e. The van der Waals surface area contributed by atoms with Gasteiger partial charge < -0.3 is 19.3 Å². The molecule has 116 valence electrons. The van der Waals surface area contributed by atoms with Gasteiger partial charge in [0.05, 0.1) is 33.5 Å². The van der Waals surface area contributed by atoms with E-state index < -0.39 is 6.10 Å². The van der Waals surface area contributed by atoms with Gasteiger partial charge in [0.1, 0.15) is 11.5 Å². The molecule has 6 nitrogen and oxygen atoms in total. The molecule has 1 atom stereocenters. The molecule has 2 rings (SSSR count). The Bertz CT molecular complexity index is 517. The molecule has 1 aromatic carbocycles. The number of hydrogen-bond acceptors (Lipinski definition) is 6. The summed E-state index contributed by atoms with van der Waals surface area (Å²) in [6.07, 6.45) is -0.728. The quantitative estimate of drug-likeness (QED) is 0.821. The zero-order valence-electron chi connectivity index (χ0n) is 12.6. The minimum absolute atomic E-state index is 0.144. The van der Waals surface area contributed by atoms with Crippen LogP contribution in [0.15, 0.2) is 12.1 Å². The van der Waals surface area contributed by atoms with Gasteiger partial charge in [0.25, 0.3) is 0 Å². The third kappa shape index (κ3) is 3.28. The zero-order valence-corrected chi connectivity index (χ0v) is 12.6. The number of hydrogen-bond donors (Lipinski definition) is 1. The van der Waals surface area contributed by atoms with E-state index in [9.17, 15) is 9.90 Å². The number of carbonyl (C=O) groups excluding carboxylic acids is 1. The van der Waals surface area contributed by atoms with Crippen LogP contribution in [0.4, 0.5) is 0 Å². The molecule has 0 aromatic heterocycles. The number of esters is 1. The van der Waals surface area contributed by atoms with Gasteiger partial charge in [0, 0.05) is 24.2 Å². The third-order valence-corrected chi connectivity index (χ3v) is 3.52. The molecular formula is C15H21NO5. The minimum Gasteiger partial charge on any atom is -0.496 e. The van der Waals surface area contributed by atoms with Crippen molar-refractivity contribution in [2.24, 2.45) is 0 Å². The van der Waals surface area contributed by atoms with Crippen molar-refractivity contribution in [1.82, 2.24) is 4.90 Å². The summed E-state index contributed by atoms with van der Waals surface area (Å²) in [4.78, 5) is 13.4. The minimum atomic E-state index is -0.728. The Balaban J connectivity index is 2.27. The first-order chi connectivity index (χ1) is 10.1. The van der Waals surface area contributed by atoms with Crippen LogP contribution >= 0.6 is 0 Å². The van der Waals surface area contributed by atoms with Crippen molar-refractivity contribution in [3.8, 4) is 11.5 Å². The molecule has 1 aliphatic rings. The Hall–Kier alpha value is -1.79. The summed E-state index contributed by atoms with van der Waals surface area (Å²) in [5.74, 6) is 1.02. The zero-order chi connectivity index (χ0) is 15.4. The summed E-state index contributed by atoms with van der Waals surface area (Å²) in [5, 5.41) is 10.4. The van der Waals surface area contributed by atoms with E-state index in [1.165, 1.54) is 0 Å². The Morgan fingerprint density at radius 3 is 2.62 bits per heavy atom. The SMILES string of the molecule is CCOC(=O)CN1Cc2c(OC)ccc(OC)c2[C@@H](O)C1. The molecule has 1 aliphatic heterocycles. The van der Waals surface area contributed by atoms with Crippen LogP contribution in [0.25, 0.3) is 0 Å². The highest BCUT2D eigenvalue weighted by atomic mass is 16.5. The van der Waals surface area contributed by atoms with Crippen molar-refractivity contribution < 1.29 is 24.1 Å². The second-order valence-electron chi connectivity index (χ2n) is 4.85. The number of carbonyl (C=O) groups is 1. The molecule has 6 heteroatoms. The predicted molar refractivity (Wildman–Crippen MR) is 76.4 cm³/mol. The molecule has 1 aromatic rings. The van der Waals surface area contributed by atoms with Crippen molar-refractivity contribution in [2.75, 3.05) is 33.9 Å². The van der Waals surface area contributed by atoms with Crippen molar-refractivity contribution in [1.29, 1.82) is 0 Å². The lowest BCUT2D eigenvalue weighted by Crippen LogP contribution is -2.38. The van der Waals surface area contributed by atoms with Crippen LogP contribution in [-0.2, 0) is 16.1 Å². The molecule has 0 radical (unpaired) electrons. The summed E-state index contributed by atoms with van der Waals surface area (Å²) in [5.41, 5.74) is 1.58. The van der Waals surface area contributed by atoms with E-state index in [4.69, 9.17) is 14.2 Å². The largest absolute Gasteiger partial charge is 0.496 e. The van der Waals surface area contributed by atoms with Crippen LogP contribution in [0.3, 0.4) is 0 Å². The van der Waals surface area contributed by atoms with Crippen molar-refractivity contribution in [3.63, 3.8) is 0 Å². The van der Waals surface area contributed by atoms with Crippen LogP contribution in [0.5, 0.6) is 11.5 Å². The molecule has 0 unspecified atom stereocenters.